The Kier molecular flexibility index (Phi) is 10.1. The summed E-state index contributed by atoms with van der Waals surface area (Å²) in [6.45, 7) is 0. The Morgan fingerprint density at radius 2 is 0.323 bits per heavy atom. The smallest absolute Gasteiger partial charge is 0.144 e. The predicted octanol–water partition coefficient (Wildman–Crippen LogP) is 11.3. The van der Waals surface area contributed by atoms with Crippen LogP contribution in [0.3, 0.4) is 0 Å². The van der Waals surface area contributed by atoms with E-state index in [9.17, 15) is 0 Å². The highest BCUT2D eigenvalue weighted by molar-refractivity contribution is 5.84. The molecule has 11 rings (SSSR count). The molecule has 10 bridgehead atoms. The predicted molar refractivity (Wildman–Crippen MR) is 251 cm³/mol. The normalized spacial score (nSPS) is 12.5. The second-order valence-electron chi connectivity index (χ2n) is 14.5. The molecule has 0 atom stereocenters. The first-order valence-electron chi connectivity index (χ1n) is 20.6. The summed E-state index contributed by atoms with van der Waals surface area (Å²) in [6.07, 6.45) is 7.72. The van der Waals surface area contributed by atoms with Gasteiger partial charge in [0.15, 0.2) is 0 Å². The monoisotopic (exact) mass is 845 g/mol. The molecule has 15 nitrogen and oxygen atoms in total. The molecule has 65 heavy (non-hydrogen) atoms. The van der Waals surface area contributed by atoms with Crippen molar-refractivity contribution >= 4 is 86.6 Å². The topological polar surface area (TPSA) is 145 Å². The van der Waals surface area contributed by atoms with E-state index in [0.29, 0.717) is 58.2 Å². The Bertz CT molecular complexity index is 2600. The summed E-state index contributed by atoms with van der Waals surface area (Å²) in [5.41, 5.74) is 4.07. The van der Waals surface area contributed by atoms with E-state index < -0.39 is 0 Å². The van der Waals surface area contributed by atoms with Gasteiger partial charge in [0.2, 0.25) is 0 Å². The number of nitrogens with zero attached hydrogens (tertiary/aromatic N) is 15. The zero-order valence-corrected chi connectivity index (χ0v) is 34.4. The number of rotatable bonds is 5. The summed E-state index contributed by atoms with van der Waals surface area (Å²) in [5, 5.41) is 0. The molecule has 0 fully saturated rings. The number of benzene rings is 5. The van der Waals surface area contributed by atoms with Crippen LogP contribution in [0, 0.1) is 0 Å². The molecule has 5 aromatic heterocycles. The molecule has 5 aromatic carbocycles. The molecule has 15 heteroatoms. The van der Waals surface area contributed by atoms with Gasteiger partial charge >= 0.3 is 0 Å². The Balaban J connectivity index is 1.21. The lowest BCUT2D eigenvalue weighted by molar-refractivity contribution is 1.01. The van der Waals surface area contributed by atoms with Gasteiger partial charge in [-0.2, -0.15) is 0 Å². The van der Waals surface area contributed by atoms with E-state index in [4.69, 9.17) is 49.8 Å². The molecule has 10 aromatic rings. The fourth-order valence-corrected chi connectivity index (χ4v) is 7.70. The van der Waals surface area contributed by atoms with Crippen molar-refractivity contribution in [3.05, 3.63) is 214 Å². The molecule has 0 N–H and O–H groups in total. The number of hydrogen-bond donors (Lipinski definition) is 0. The van der Waals surface area contributed by atoms with Crippen molar-refractivity contribution in [2.24, 2.45) is 0 Å². The molecular weight excluding hydrogens is 811 g/mol. The van der Waals surface area contributed by atoms with Gasteiger partial charge in [0, 0.05) is 58.8 Å². The number of anilines is 15. The van der Waals surface area contributed by atoms with Crippen LogP contribution in [-0.4, -0.2) is 49.8 Å². The first kappa shape index (κ1) is 38.4. The van der Waals surface area contributed by atoms with E-state index in [1.165, 1.54) is 0 Å². The van der Waals surface area contributed by atoms with Crippen molar-refractivity contribution in [3.63, 3.8) is 0 Å². The fourth-order valence-electron chi connectivity index (χ4n) is 7.70. The van der Waals surface area contributed by atoms with Gasteiger partial charge in [-0.3, -0.25) is 24.5 Å². The number of fused-ring (bicyclic) bond motifs is 10. The van der Waals surface area contributed by atoms with Crippen LogP contribution in [0.5, 0.6) is 0 Å². The summed E-state index contributed by atoms with van der Waals surface area (Å²) in [6, 6.07) is 59.3. The molecule has 0 saturated carbocycles. The van der Waals surface area contributed by atoms with Crippen LogP contribution < -0.4 is 24.5 Å². The van der Waals surface area contributed by atoms with Crippen molar-refractivity contribution in [2.75, 3.05) is 24.5 Å². The van der Waals surface area contributed by atoms with E-state index in [2.05, 4.69) is 0 Å². The van der Waals surface area contributed by atoms with Crippen LogP contribution in [0.4, 0.5) is 86.6 Å². The Morgan fingerprint density at radius 3 is 0.462 bits per heavy atom. The molecule has 6 heterocycles. The maximum absolute atomic E-state index is 4.87. The third-order valence-corrected chi connectivity index (χ3v) is 10.6. The second-order valence-corrected chi connectivity index (χ2v) is 14.5. The molecule has 0 aliphatic carbocycles. The molecule has 0 amide bonds. The molecule has 0 radical (unpaired) electrons. The van der Waals surface area contributed by atoms with E-state index in [0.717, 1.165) is 28.4 Å². The average Bonchev–Trinajstić information content (AvgIpc) is 3.37. The molecule has 0 unspecified atom stereocenters. The summed E-state index contributed by atoms with van der Waals surface area (Å²) in [7, 11) is 0. The quantitative estimate of drug-likeness (QED) is 0.162. The van der Waals surface area contributed by atoms with Crippen LogP contribution in [0.15, 0.2) is 214 Å². The minimum Gasteiger partial charge on any atom is -0.279 e. The minimum atomic E-state index is 0.545. The highest BCUT2D eigenvalue weighted by atomic mass is 15.3. The van der Waals surface area contributed by atoms with Crippen molar-refractivity contribution in [2.45, 2.75) is 0 Å². The first-order valence-corrected chi connectivity index (χ1v) is 20.6. The number of para-hydroxylation sites is 5. The lowest BCUT2D eigenvalue weighted by atomic mass is 10.2. The van der Waals surface area contributed by atoms with Gasteiger partial charge < -0.3 is 0 Å². The van der Waals surface area contributed by atoms with E-state index in [1.54, 1.807) is 31.6 Å². The number of aromatic nitrogens is 10. The summed E-state index contributed by atoms with van der Waals surface area (Å²) in [5.74, 6) is 5.45. The first-order chi connectivity index (χ1) is 32.2. The summed E-state index contributed by atoms with van der Waals surface area (Å²) in [4.78, 5) is 58.5. The van der Waals surface area contributed by atoms with Gasteiger partial charge in [0.25, 0.3) is 0 Å². The van der Waals surface area contributed by atoms with Crippen molar-refractivity contribution in [1.82, 2.24) is 49.8 Å². The van der Waals surface area contributed by atoms with Crippen LogP contribution in [0.25, 0.3) is 0 Å². The molecule has 0 saturated heterocycles. The summed E-state index contributed by atoms with van der Waals surface area (Å²) >= 11 is 0. The van der Waals surface area contributed by atoms with Gasteiger partial charge in [-0.15, -0.1) is 0 Å². The lowest BCUT2D eigenvalue weighted by Gasteiger charge is -2.29. The van der Waals surface area contributed by atoms with Crippen LogP contribution in [0.2, 0.25) is 0 Å². The van der Waals surface area contributed by atoms with Crippen molar-refractivity contribution in [3.8, 4) is 0 Å². The Morgan fingerprint density at radius 1 is 0.185 bits per heavy atom. The van der Waals surface area contributed by atoms with Gasteiger partial charge in [-0.05, 0) is 60.7 Å². The standard InChI is InChI=1S/C50H35N15/c1-6-16-36(17-7-1)61-41-26-43(53-31-51-41)62(37-18-8-2-9-19-37)45-28-47(57-33-55-45)64(39-22-12-4-13-23-39)49-30-50(60-35-59-49)65(40-24-14-5-15-25-40)48-29-46(56-34-58-48)63(38-20-10-3-11-21-38)44-27-42(61)52-32-54-44/h1-35H. The number of hydrogen-bond acceptors (Lipinski definition) is 15. The third-order valence-electron chi connectivity index (χ3n) is 10.6. The van der Waals surface area contributed by atoms with E-state index in [-0.39, 0.29) is 0 Å². The van der Waals surface area contributed by atoms with Gasteiger partial charge in [0.05, 0.1) is 0 Å². The highest BCUT2D eigenvalue weighted by Gasteiger charge is 2.27. The van der Waals surface area contributed by atoms with Crippen LogP contribution in [-0.2, 0) is 0 Å². The minimum absolute atomic E-state index is 0.545. The van der Waals surface area contributed by atoms with Crippen molar-refractivity contribution < 1.29 is 0 Å². The maximum atomic E-state index is 4.87. The van der Waals surface area contributed by atoms with Crippen LogP contribution >= 0.6 is 0 Å². The van der Waals surface area contributed by atoms with E-state index >= 15 is 0 Å². The molecule has 310 valence electrons. The Labute approximate surface area is 373 Å². The Hall–Kier alpha value is -9.50. The molecule has 1 aliphatic heterocycles. The molecule has 0 spiro atoms. The lowest BCUT2D eigenvalue weighted by Crippen LogP contribution is -2.20. The van der Waals surface area contributed by atoms with Gasteiger partial charge in [-0.25, -0.2) is 49.8 Å². The van der Waals surface area contributed by atoms with Crippen LogP contribution in [0.1, 0.15) is 0 Å². The fraction of sp³-hybridized carbons (Fsp3) is 0. The van der Waals surface area contributed by atoms with E-state index in [1.807, 2.05) is 206 Å². The average molecular weight is 846 g/mol. The van der Waals surface area contributed by atoms with Gasteiger partial charge in [0.1, 0.15) is 89.8 Å². The zero-order valence-electron chi connectivity index (χ0n) is 34.4. The largest absolute Gasteiger partial charge is 0.279 e. The SMILES string of the molecule is c1ccc(N2c3cc(ncn3)N(c3ccccc3)c3cc(ncn3)N(c3ccccc3)c3cc(ncn3)N(c3ccccc3)c3cc(ncn3)N(c3ccccc3)c3cc2ncn3)cc1. The summed E-state index contributed by atoms with van der Waals surface area (Å²) < 4.78 is 0. The van der Waals surface area contributed by atoms with Gasteiger partial charge in [-0.1, -0.05) is 91.0 Å². The third kappa shape index (κ3) is 7.61. The maximum Gasteiger partial charge on any atom is 0.144 e. The molecular formula is C50H35N15. The zero-order chi connectivity index (χ0) is 43.4. The molecule has 1 aliphatic rings. The highest BCUT2D eigenvalue weighted by Crippen LogP contribution is 2.43. The van der Waals surface area contributed by atoms with Crippen molar-refractivity contribution in [1.29, 1.82) is 0 Å². The second kappa shape index (κ2) is 17.1.